The number of aromatic nitrogens is 1. The minimum absolute atomic E-state index is 0.0467. The van der Waals surface area contributed by atoms with E-state index in [4.69, 9.17) is 14.1 Å². The Morgan fingerprint density at radius 3 is 2.16 bits per heavy atom. The summed E-state index contributed by atoms with van der Waals surface area (Å²) in [5, 5.41) is 0.0668. The fourth-order valence-corrected chi connectivity index (χ4v) is 6.86. The first-order valence-electron chi connectivity index (χ1n) is 13.4. The molecule has 0 radical (unpaired) electrons. The van der Waals surface area contributed by atoms with Crippen molar-refractivity contribution < 1.29 is 22.3 Å². The van der Waals surface area contributed by atoms with E-state index in [-0.39, 0.29) is 28.6 Å². The van der Waals surface area contributed by atoms with Crippen molar-refractivity contribution in [3.8, 4) is 0 Å². The van der Waals surface area contributed by atoms with E-state index < -0.39 is 26.2 Å². The monoisotopic (exact) mass is 533 g/mol. The van der Waals surface area contributed by atoms with Crippen molar-refractivity contribution in [1.29, 1.82) is 0 Å². The maximum absolute atomic E-state index is 13.2. The number of halogens is 3. The Morgan fingerprint density at radius 2 is 1.65 bits per heavy atom. The van der Waals surface area contributed by atoms with E-state index in [9.17, 15) is 13.2 Å². The summed E-state index contributed by atoms with van der Waals surface area (Å²) < 4.78 is 53.2. The van der Waals surface area contributed by atoms with Gasteiger partial charge in [0.2, 0.25) is 0 Å². The highest BCUT2D eigenvalue weighted by molar-refractivity contribution is 6.74. The summed E-state index contributed by atoms with van der Waals surface area (Å²) in [5.41, 5.74) is 5.53. The predicted molar refractivity (Wildman–Crippen MR) is 144 cm³/mol. The number of alkyl halides is 3. The van der Waals surface area contributed by atoms with E-state index in [0.29, 0.717) is 0 Å². The molecule has 1 aromatic carbocycles. The first-order chi connectivity index (χ1) is 16.8. The van der Waals surface area contributed by atoms with Crippen molar-refractivity contribution >= 4 is 8.32 Å². The Kier molecular flexibility index (Phi) is 7.04. The third-order valence-corrected chi connectivity index (χ3v) is 13.0. The Bertz CT molecular complexity index is 1160. The van der Waals surface area contributed by atoms with Crippen LogP contribution in [0.5, 0.6) is 0 Å². The van der Waals surface area contributed by atoms with Gasteiger partial charge in [0.05, 0.1) is 23.5 Å². The maximum atomic E-state index is 13.2. The number of benzene rings is 1. The summed E-state index contributed by atoms with van der Waals surface area (Å²) in [6.07, 6.45) is -3.36. The fourth-order valence-electron chi connectivity index (χ4n) is 5.60. The first kappa shape index (κ1) is 28.3. The van der Waals surface area contributed by atoms with E-state index in [1.54, 1.807) is 12.1 Å². The Balaban J connectivity index is 1.90. The molecule has 3 atom stereocenters. The zero-order chi connectivity index (χ0) is 27.7. The quantitative estimate of drug-likeness (QED) is 0.367. The van der Waals surface area contributed by atoms with Crippen LogP contribution in [-0.4, -0.2) is 13.3 Å². The number of pyridine rings is 1. The van der Waals surface area contributed by atoms with E-state index >= 15 is 0 Å². The van der Waals surface area contributed by atoms with Crippen molar-refractivity contribution in [3.63, 3.8) is 0 Å². The summed E-state index contributed by atoms with van der Waals surface area (Å²) in [4.78, 5) is 5.22. The van der Waals surface area contributed by atoms with Crippen molar-refractivity contribution in [2.24, 2.45) is 5.41 Å². The molecule has 2 unspecified atom stereocenters. The first-order valence-corrected chi connectivity index (χ1v) is 16.3. The zero-order valence-corrected chi connectivity index (χ0v) is 24.9. The van der Waals surface area contributed by atoms with Crippen LogP contribution in [-0.2, 0) is 21.8 Å². The van der Waals surface area contributed by atoms with Gasteiger partial charge in [-0.15, -0.1) is 0 Å². The standard InChI is InChI=1S/C30H42F3NO2Si/c1-17(2)23-24-21(15-29(7,8)16-22(24)36-37(9,10)28(4,5)6)34-26-18(3)35-27(25(23)26)19-11-13-20(14-12-19)30(31,32)33/h11-14,17-18,22,27H,15-16H2,1-10H3/t18?,22-,27?/m0/s1. The van der Waals surface area contributed by atoms with Crippen LogP contribution in [0.2, 0.25) is 18.1 Å². The molecule has 2 aliphatic rings. The van der Waals surface area contributed by atoms with Gasteiger partial charge < -0.3 is 9.16 Å². The third-order valence-electron chi connectivity index (χ3n) is 8.48. The number of hydrogen-bond donors (Lipinski definition) is 0. The van der Waals surface area contributed by atoms with Gasteiger partial charge in [-0.05, 0) is 72.5 Å². The minimum Gasteiger partial charge on any atom is -0.410 e. The van der Waals surface area contributed by atoms with Gasteiger partial charge in [0.25, 0.3) is 0 Å². The topological polar surface area (TPSA) is 31.4 Å². The number of nitrogens with zero attached hydrogens (tertiary/aromatic N) is 1. The van der Waals surface area contributed by atoms with E-state index in [1.165, 1.54) is 11.1 Å². The molecule has 1 aliphatic heterocycles. The van der Waals surface area contributed by atoms with E-state index in [1.807, 2.05) is 6.92 Å². The van der Waals surface area contributed by atoms with Gasteiger partial charge in [0.15, 0.2) is 8.32 Å². The molecule has 4 rings (SSSR count). The van der Waals surface area contributed by atoms with Crippen LogP contribution in [0.25, 0.3) is 0 Å². The van der Waals surface area contributed by atoms with Gasteiger partial charge in [-0.2, -0.15) is 13.2 Å². The molecule has 0 N–H and O–H groups in total. The Labute approximate surface area is 221 Å². The Hall–Kier alpha value is -1.70. The molecule has 204 valence electrons. The summed E-state index contributed by atoms with van der Waals surface area (Å²) in [5.74, 6) is 0.183. The highest BCUT2D eigenvalue weighted by Crippen LogP contribution is 2.53. The number of hydrogen-bond acceptors (Lipinski definition) is 3. The number of fused-ring (bicyclic) bond motifs is 2. The second kappa shape index (κ2) is 9.20. The van der Waals surface area contributed by atoms with Crippen LogP contribution in [0.4, 0.5) is 13.2 Å². The maximum Gasteiger partial charge on any atom is 0.416 e. The summed E-state index contributed by atoms with van der Waals surface area (Å²) in [6, 6.07) is 5.39. The molecule has 0 fully saturated rings. The molecule has 0 amide bonds. The van der Waals surface area contributed by atoms with Crippen LogP contribution in [0.15, 0.2) is 24.3 Å². The van der Waals surface area contributed by atoms with Crippen LogP contribution in [0, 0.1) is 5.41 Å². The molecular weight excluding hydrogens is 491 g/mol. The molecule has 2 heterocycles. The predicted octanol–water partition coefficient (Wildman–Crippen LogP) is 9.44. The normalized spacial score (nSPS) is 23.8. The van der Waals surface area contributed by atoms with E-state index in [0.717, 1.165) is 47.5 Å². The van der Waals surface area contributed by atoms with Gasteiger partial charge in [0, 0.05) is 16.8 Å². The van der Waals surface area contributed by atoms with Gasteiger partial charge in [-0.3, -0.25) is 4.98 Å². The van der Waals surface area contributed by atoms with Crippen LogP contribution in [0.1, 0.15) is 125 Å². The average Bonchev–Trinajstić information content (AvgIpc) is 3.05. The lowest BCUT2D eigenvalue weighted by Crippen LogP contribution is -2.44. The van der Waals surface area contributed by atoms with Crippen LogP contribution >= 0.6 is 0 Å². The summed E-state index contributed by atoms with van der Waals surface area (Å²) >= 11 is 0. The van der Waals surface area contributed by atoms with Crippen LogP contribution in [0.3, 0.4) is 0 Å². The molecule has 0 saturated carbocycles. The zero-order valence-electron chi connectivity index (χ0n) is 23.9. The molecule has 0 bridgehead atoms. The molecule has 7 heteroatoms. The van der Waals surface area contributed by atoms with Gasteiger partial charge >= 0.3 is 6.18 Å². The van der Waals surface area contributed by atoms with Crippen molar-refractivity contribution in [2.45, 2.75) is 117 Å². The molecule has 2 aromatic rings. The van der Waals surface area contributed by atoms with Crippen molar-refractivity contribution in [3.05, 3.63) is 63.5 Å². The number of ether oxygens (including phenoxy) is 1. The van der Waals surface area contributed by atoms with Gasteiger partial charge in [0.1, 0.15) is 6.10 Å². The molecule has 0 saturated heterocycles. The molecule has 1 aliphatic carbocycles. The third kappa shape index (κ3) is 5.28. The highest BCUT2D eigenvalue weighted by atomic mass is 28.4. The summed E-state index contributed by atoms with van der Waals surface area (Å²) in [6.45, 7) is 22.3. The van der Waals surface area contributed by atoms with Gasteiger partial charge in [-0.1, -0.05) is 60.6 Å². The Morgan fingerprint density at radius 1 is 1.05 bits per heavy atom. The fraction of sp³-hybridized carbons (Fsp3) is 0.633. The molecule has 0 spiro atoms. The SMILES string of the molecule is CC(C)c1c2c(nc3c1[C@@H](O[Si](C)(C)C(C)(C)C)CC(C)(C)C3)C(C)OC2c1ccc(C(F)(F)F)cc1. The summed E-state index contributed by atoms with van der Waals surface area (Å²) in [7, 11) is -2.09. The molecular formula is C30H42F3NO2Si. The lowest BCUT2D eigenvalue weighted by molar-refractivity contribution is -0.137. The minimum atomic E-state index is -4.37. The smallest absolute Gasteiger partial charge is 0.410 e. The van der Waals surface area contributed by atoms with Crippen LogP contribution < -0.4 is 0 Å². The lowest BCUT2D eigenvalue weighted by Gasteiger charge is -2.45. The lowest BCUT2D eigenvalue weighted by atomic mass is 9.71. The number of rotatable bonds is 4. The second-order valence-corrected chi connectivity index (χ2v) is 18.3. The average molecular weight is 534 g/mol. The highest BCUT2D eigenvalue weighted by Gasteiger charge is 2.46. The second-order valence-electron chi connectivity index (χ2n) is 13.5. The molecule has 3 nitrogen and oxygen atoms in total. The van der Waals surface area contributed by atoms with E-state index in [2.05, 4.69) is 61.6 Å². The molecule has 1 aromatic heterocycles. The van der Waals surface area contributed by atoms with Gasteiger partial charge in [-0.25, -0.2) is 0 Å². The largest absolute Gasteiger partial charge is 0.416 e. The van der Waals surface area contributed by atoms with Crippen molar-refractivity contribution in [2.75, 3.05) is 0 Å². The van der Waals surface area contributed by atoms with Crippen molar-refractivity contribution in [1.82, 2.24) is 4.98 Å². The molecule has 37 heavy (non-hydrogen) atoms.